The van der Waals surface area contributed by atoms with Crippen LogP contribution in [0.4, 0.5) is 0 Å². The van der Waals surface area contributed by atoms with Gasteiger partial charge in [0.1, 0.15) is 5.76 Å². The summed E-state index contributed by atoms with van der Waals surface area (Å²) in [5, 5.41) is 0. The lowest BCUT2D eigenvalue weighted by Gasteiger charge is -2.30. The molecule has 5 nitrogen and oxygen atoms in total. The molecule has 1 heterocycles. The van der Waals surface area contributed by atoms with E-state index in [4.69, 9.17) is 4.42 Å². The Morgan fingerprint density at radius 2 is 1.44 bits per heavy atom. The Hall–Kier alpha value is -2.56. The van der Waals surface area contributed by atoms with Gasteiger partial charge < -0.3 is 14.2 Å². The van der Waals surface area contributed by atoms with Gasteiger partial charge in [0.2, 0.25) is 11.8 Å². The summed E-state index contributed by atoms with van der Waals surface area (Å²) in [4.78, 5) is 29.8. The highest BCUT2D eigenvalue weighted by molar-refractivity contribution is 5.85. The Kier molecular flexibility index (Phi) is 13.1. The highest BCUT2D eigenvalue weighted by Crippen LogP contribution is 2.15. The number of furan rings is 1. The number of rotatable bonds is 17. The Morgan fingerprint density at radius 1 is 0.794 bits per heavy atom. The second kappa shape index (κ2) is 16.1. The van der Waals surface area contributed by atoms with E-state index in [0.717, 1.165) is 24.2 Å². The third kappa shape index (κ3) is 10.6. The number of unbranched alkanes of at least 4 members (excludes halogenated alkanes) is 8. The van der Waals surface area contributed by atoms with E-state index in [2.05, 4.69) is 6.92 Å². The largest absolute Gasteiger partial charge is 0.467 e. The van der Waals surface area contributed by atoms with Gasteiger partial charge in [0.05, 0.1) is 19.4 Å². The highest BCUT2D eigenvalue weighted by atomic mass is 16.3. The Balaban J connectivity index is 1.85. The van der Waals surface area contributed by atoms with E-state index in [1.807, 2.05) is 56.3 Å². The van der Waals surface area contributed by atoms with E-state index >= 15 is 0 Å². The predicted octanol–water partition coefficient (Wildman–Crippen LogP) is 6.97. The van der Waals surface area contributed by atoms with Gasteiger partial charge in [0.25, 0.3) is 0 Å². The van der Waals surface area contributed by atoms with E-state index in [9.17, 15) is 9.59 Å². The molecule has 0 unspecified atom stereocenters. The van der Waals surface area contributed by atoms with Crippen LogP contribution in [-0.2, 0) is 22.7 Å². The summed E-state index contributed by atoms with van der Waals surface area (Å²) in [6.07, 6.45) is 13.1. The Morgan fingerprint density at radius 3 is 2.03 bits per heavy atom. The number of carbonyl (C=O) groups excluding carboxylic acids is 2. The van der Waals surface area contributed by atoms with Crippen molar-refractivity contribution in [2.75, 3.05) is 6.54 Å². The van der Waals surface area contributed by atoms with Gasteiger partial charge in [-0.15, -0.1) is 0 Å². The lowest BCUT2D eigenvalue weighted by molar-refractivity contribution is -0.143. The van der Waals surface area contributed by atoms with E-state index in [0.29, 0.717) is 19.5 Å². The molecule has 0 N–H and O–H groups in total. The zero-order chi connectivity index (χ0) is 24.6. The monoisotopic (exact) mass is 468 g/mol. The minimum absolute atomic E-state index is 0.0165. The first-order valence-electron chi connectivity index (χ1n) is 13.1. The fourth-order valence-electron chi connectivity index (χ4n) is 4.16. The summed E-state index contributed by atoms with van der Waals surface area (Å²) in [5.74, 6) is 0.750. The Bertz CT molecular complexity index is 802. The average molecular weight is 469 g/mol. The molecule has 34 heavy (non-hydrogen) atoms. The number of nitrogens with zero attached hydrogens (tertiary/aromatic N) is 2. The molecule has 2 aromatic rings. The van der Waals surface area contributed by atoms with Gasteiger partial charge in [0.15, 0.2) is 0 Å². The van der Waals surface area contributed by atoms with Crippen LogP contribution in [0, 0.1) is 0 Å². The third-order valence-electron chi connectivity index (χ3n) is 6.24. The van der Waals surface area contributed by atoms with Crippen LogP contribution in [-0.4, -0.2) is 34.2 Å². The van der Waals surface area contributed by atoms with Gasteiger partial charge in [-0.25, -0.2) is 0 Å². The smallest absolute Gasteiger partial charge is 0.242 e. The molecule has 1 aromatic carbocycles. The first-order chi connectivity index (χ1) is 16.5. The molecule has 0 saturated carbocycles. The first-order valence-corrected chi connectivity index (χ1v) is 13.1. The van der Waals surface area contributed by atoms with Crippen LogP contribution in [0.3, 0.4) is 0 Å². The normalized spacial score (nSPS) is 11.1. The molecule has 0 spiro atoms. The standard InChI is InChI=1S/C29H44N2O3/c1-4-5-6-7-8-9-10-11-15-20-28(32)31(25(2)3)24-29(33)30(23-27-19-16-21-34-27)22-26-17-13-12-14-18-26/h12-14,16-19,21,25H,4-11,15,20,22-24H2,1-3H3. The van der Waals surface area contributed by atoms with Gasteiger partial charge in [-0.3, -0.25) is 9.59 Å². The minimum Gasteiger partial charge on any atom is -0.467 e. The van der Waals surface area contributed by atoms with Crippen LogP contribution in [0.15, 0.2) is 53.1 Å². The average Bonchev–Trinajstić information content (AvgIpc) is 3.34. The van der Waals surface area contributed by atoms with Crippen LogP contribution in [0.25, 0.3) is 0 Å². The van der Waals surface area contributed by atoms with Crippen LogP contribution >= 0.6 is 0 Å². The van der Waals surface area contributed by atoms with Crippen LogP contribution in [0.5, 0.6) is 0 Å². The van der Waals surface area contributed by atoms with Crippen molar-refractivity contribution < 1.29 is 14.0 Å². The van der Waals surface area contributed by atoms with E-state index in [-0.39, 0.29) is 24.4 Å². The van der Waals surface area contributed by atoms with Crippen molar-refractivity contribution in [1.82, 2.24) is 9.80 Å². The molecule has 0 aliphatic carbocycles. The summed E-state index contributed by atoms with van der Waals surface area (Å²) in [6.45, 7) is 7.18. The molecular weight excluding hydrogens is 424 g/mol. The van der Waals surface area contributed by atoms with E-state index < -0.39 is 0 Å². The molecule has 0 saturated heterocycles. The minimum atomic E-state index is -0.0608. The molecule has 0 aliphatic heterocycles. The second-order valence-corrected chi connectivity index (χ2v) is 9.51. The van der Waals surface area contributed by atoms with Gasteiger partial charge in [-0.1, -0.05) is 88.6 Å². The second-order valence-electron chi connectivity index (χ2n) is 9.51. The molecule has 188 valence electrons. The number of hydrogen-bond donors (Lipinski definition) is 0. The number of benzene rings is 1. The van der Waals surface area contributed by atoms with Crippen LogP contribution in [0.1, 0.15) is 96.3 Å². The summed E-state index contributed by atoms with van der Waals surface area (Å²) in [5.41, 5.74) is 1.06. The predicted molar refractivity (Wildman–Crippen MR) is 138 cm³/mol. The molecule has 0 atom stereocenters. The zero-order valence-electron chi connectivity index (χ0n) is 21.5. The van der Waals surface area contributed by atoms with Crippen molar-refractivity contribution in [3.8, 4) is 0 Å². The van der Waals surface area contributed by atoms with Crippen LogP contribution < -0.4 is 0 Å². The zero-order valence-corrected chi connectivity index (χ0v) is 21.5. The van der Waals surface area contributed by atoms with Crippen LogP contribution in [0.2, 0.25) is 0 Å². The molecule has 1 aromatic heterocycles. The van der Waals surface area contributed by atoms with Crippen molar-refractivity contribution in [3.05, 3.63) is 60.1 Å². The van der Waals surface area contributed by atoms with Crippen molar-refractivity contribution in [2.45, 2.75) is 104 Å². The molecule has 2 amide bonds. The van der Waals surface area contributed by atoms with E-state index in [1.54, 1.807) is 16.1 Å². The number of carbonyl (C=O) groups is 2. The molecular formula is C29H44N2O3. The lowest BCUT2D eigenvalue weighted by Crippen LogP contribution is -2.45. The fourth-order valence-corrected chi connectivity index (χ4v) is 4.16. The maximum Gasteiger partial charge on any atom is 0.242 e. The fraction of sp³-hybridized carbons (Fsp3) is 0.586. The van der Waals surface area contributed by atoms with Gasteiger partial charge in [-0.2, -0.15) is 0 Å². The number of amides is 2. The molecule has 0 aliphatic rings. The van der Waals surface area contributed by atoms with Crippen molar-refractivity contribution in [3.63, 3.8) is 0 Å². The molecule has 0 fully saturated rings. The summed E-state index contributed by atoms with van der Waals surface area (Å²) in [6, 6.07) is 13.6. The van der Waals surface area contributed by atoms with E-state index in [1.165, 1.54) is 44.9 Å². The SMILES string of the molecule is CCCCCCCCCCCC(=O)N(CC(=O)N(Cc1ccccc1)Cc1ccco1)C(C)C. The van der Waals surface area contributed by atoms with Gasteiger partial charge >= 0.3 is 0 Å². The molecule has 0 bridgehead atoms. The lowest BCUT2D eigenvalue weighted by atomic mass is 10.1. The van der Waals surface area contributed by atoms with Crippen molar-refractivity contribution in [2.24, 2.45) is 0 Å². The maximum absolute atomic E-state index is 13.3. The van der Waals surface area contributed by atoms with Gasteiger partial charge in [-0.05, 0) is 38.0 Å². The van der Waals surface area contributed by atoms with Crippen molar-refractivity contribution in [1.29, 1.82) is 0 Å². The summed E-state index contributed by atoms with van der Waals surface area (Å²) < 4.78 is 5.49. The number of hydrogen-bond acceptors (Lipinski definition) is 3. The topological polar surface area (TPSA) is 53.8 Å². The molecule has 2 rings (SSSR count). The van der Waals surface area contributed by atoms with Gasteiger partial charge in [0, 0.05) is 19.0 Å². The quantitative estimate of drug-likeness (QED) is 0.236. The maximum atomic E-state index is 13.3. The first kappa shape index (κ1) is 27.7. The summed E-state index contributed by atoms with van der Waals surface area (Å²) >= 11 is 0. The summed E-state index contributed by atoms with van der Waals surface area (Å²) in [7, 11) is 0. The molecule has 5 heteroatoms. The third-order valence-corrected chi connectivity index (χ3v) is 6.24. The molecule has 0 radical (unpaired) electrons. The van der Waals surface area contributed by atoms with Crippen molar-refractivity contribution >= 4 is 11.8 Å². The Labute approximate surface area is 206 Å². The highest BCUT2D eigenvalue weighted by Gasteiger charge is 2.24.